The Balaban J connectivity index is 1.63. The Labute approximate surface area is 204 Å². The normalized spacial score (nSPS) is 45.7. The second kappa shape index (κ2) is 6.98. The summed E-state index contributed by atoms with van der Waals surface area (Å²) in [6.45, 7) is 13.8. The molecule has 0 aromatic rings. The summed E-state index contributed by atoms with van der Waals surface area (Å²) in [5.74, 6) is 0.267. The van der Waals surface area contributed by atoms with Crippen LogP contribution in [0.15, 0.2) is 46.3 Å². The van der Waals surface area contributed by atoms with Gasteiger partial charge in [-0.05, 0) is 91.3 Å². The van der Waals surface area contributed by atoms with Crippen molar-refractivity contribution < 1.29 is 14.7 Å². The molecular formula is C30H41NO3. The second-order valence-electron chi connectivity index (χ2n) is 13.2. The first-order chi connectivity index (χ1) is 15.8. The Morgan fingerprint density at radius 3 is 2.35 bits per heavy atom. The molecule has 3 fully saturated rings. The molecule has 6 atom stereocenters. The molecular weight excluding hydrogens is 422 g/mol. The van der Waals surface area contributed by atoms with Crippen molar-refractivity contribution in [2.24, 2.45) is 33.0 Å². The molecule has 5 aliphatic carbocycles. The molecule has 0 aromatic heterocycles. The van der Waals surface area contributed by atoms with Crippen LogP contribution in [0.1, 0.15) is 86.5 Å². The van der Waals surface area contributed by atoms with Crippen LogP contribution in [0.4, 0.5) is 0 Å². The fraction of sp³-hybridized carbons (Fsp3) is 0.667. The van der Waals surface area contributed by atoms with Gasteiger partial charge >= 0.3 is 0 Å². The van der Waals surface area contributed by atoms with E-state index in [9.17, 15) is 14.7 Å². The van der Waals surface area contributed by atoms with Crippen LogP contribution in [0.5, 0.6) is 0 Å². The molecule has 0 bridgehead atoms. The van der Waals surface area contributed by atoms with Crippen LogP contribution in [0.3, 0.4) is 0 Å². The summed E-state index contributed by atoms with van der Waals surface area (Å²) in [6.07, 6.45) is 13.5. The average molecular weight is 464 g/mol. The molecule has 3 saturated carbocycles. The van der Waals surface area contributed by atoms with Crippen LogP contribution >= 0.6 is 0 Å². The minimum Gasteiger partial charge on any atom is -0.504 e. The second-order valence-corrected chi connectivity index (χ2v) is 13.2. The monoisotopic (exact) mass is 463 g/mol. The summed E-state index contributed by atoms with van der Waals surface area (Å²) in [5, 5.41) is 13.3. The van der Waals surface area contributed by atoms with Crippen LogP contribution in [0.25, 0.3) is 0 Å². The van der Waals surface area contributed by atoms with E-state index in [1.54, 1.807) is 13.1 Å². The summed E-state index contributed by atoms with van der Waals surface area (Å²) in [4.78, 5) is 25.6. The number of ketones is 1. The van der Waals surface area contributed by atoms with Crippen LogP contribution in [0, 0.1) is 33.0 Å². The molecule has 5 rings (SSSR count). The number of fused-ring (bicyclic) bond motifs is 7. The van der Waals surface area contributed by atoms with Gasteiger partial charge in [0.05, 0.1) is 0 Å². The molecule has 0 spiro atoms. The zero-order valence-corrected chi connectivity index (χ0v) is 22.0. The average Bonchev–Trinajstić information content (AvgIpc) is 2.80. The van der Waals surface area contributed by atoms with Crippen LogP contribution in [-0.4, -0.2) is 23.8 Å². The number of allylic oxidation sites excluding steroid dienone is 7. The Hall–Kier alpha value is -2.10. The lowest BCUT2D eigenvalue weighted by molar-refractivity contribution is -0.169. The Morgan fingerprint density at radius 2 is 1.68 bits per heavy atom. The first-order valence-corrected chi connectivity index (χ1v) is 13.1. The van der Waals surface area contributed by atoms with Gasteiger partial charge in [-0.2, -0.15) is 0 Å². The van der Waals surface area contributed by atoms with Crippen molar-refractivity contribution in [1.29, 1.82) is 0 Å². The standard InChI is InChI=1S/C30H41NO3/c1-18-19-8-9-22-28(4,20(19)16-21(32)24(18)33)13-15-30(6)23-17-27(3,25(34)31-7)11-10-26(23,2)12-14-29(22,30)5/h8-9,16,23,33H,10-15,17H2,1-7H3,(H,31,34)/t23-,26-,27-,28+,29-,30?/m1/s1. The van der Waals surface area contributed by atoms with Crippen LogP contribution in [-0.2, 0) is 9.59 Å². The molecule has 0 aromatic carbocycles. The van der Waals surface area contributed by atoms with Gasteiger partial charge in [0.15, 0.2) is 5.76 Å². The van der Waals surface area contributed by atoms with Crippen molar-refractivity contribution in [3.05, 3.63) is 46.3 Å². The molecule has 1 unspecified atom stereocenters. The largest absolute Gasteiger partial charge is 0.504 e. The van der Waals surface area contributed by atoms with Gasteiger partial charge in [-0.1, -0.05) is 52.3 Å². The molecule has 5 aliphatic rings. The van der Waals surface area contributed by atoms with Crippen LogP contribution < -0.4 is 5.32 Å². The smallest absolute Gasteiger partial charge is 0.225 e. The van der Waals surface area contributed by atoms with Crippen molar-refractivity contribution in [3.8, 4) is 0 Å². The van der Waals surface area contributed by atoms with Gasteiger partial charge < -0.3 is 10.4 Å². The number of aliphatic hydroxyl groups excluding tert-OH is 1. The highest BCUT2D eigenvalue weighted by atomic mass is 16.3. The maximum absolute atomic E-state index is 12.9. The van der Waals surface area contributed by atoms with E-state index >= 15 is 0 Å². The highest BCUT2D eigenvalue weighted by Crippen LogP contribution is 2.75. The summed E-state index contributed by atoms with van der Waals surface area (Å²) >= 11 is 0. The Bertz CT molecular complexity index is 1120. The van der Waals surface area contributed by atoms with Gasteiger partial charge in [-0.3, -0.25) is 9.59 Å². The highest BCUT2D eigenvalue weighted by molar-refractivity contribution is 6.06. The van der Waals surface area contributed by atoms with Crippen molar-refractivity contribution >= 4 is 11.7 Å². The number of hydrogen-bond donors (Lipinski definition) is 2. The van der Waals surface area contributed by atoms with E-state index in [4.69, 9.17) is 0 Å². The van der Waals surface area contributed by atoms with Gasteiger partial charge in [0.25, 0.3) is 0 Å². The topological polar surface area (TPSA) is 66.4 Å². The highest BCUT2D eigenvalue weighted by Gasteiger charge is 2.67. The van der Waals surface area contributed by atoms with E-state index in [0.717, 1.165) is 49.7 Å². The molecule has 0 radical (unpaired) electrons. The third-order valence-electron chi connectivity index (χ3n) is 11.6. The predicted molar refractivity (Wildman–Crippen MR) is 135 cm³/mol. The first kappa shape index (κ1) is 23.6. The van der Waals surface area contributed by atoms with Gasteiger partial charge in [0.1, 0.15) is 0 Å². The zero-order chi connectivity index (χ0) is 24.9. The Kier molecular flexibility index (Phi) is 4.85. The molecule has 34 heavy (non-hydrogen) atoms. The van der Waals surface area contributed by atoms with Gasteiger partial charge in [0.2, 0.25) is 11.7 Å². The number of hydrogen-bond acceptors (Lipinski definition) is 3. The van der Waals surface area contributed by atoms with E-state index in [2.05, 4.69) is 52.1 Å². The molecule has 0 heterocycles. The summed E-state index contributed by atoms with van der Waals surface area (Å²) in [7, 11) is 1.77. The van der Waals surface area contributed by atoms with Crippen molar-refractivity contribution in [2.75, 3.05) is 7.05 Å². The quantitative estimate of drug-likeness (QED) is 0.475. The third kappa shape index (κ3) is 2.72. The molecule has 4 heteroatoms. The number of amides is 1. The summed E-state index contributed by atoms with van der Waals surface area (Å²) in [6, 6.07) is 0. The van der Waals surface area contributed by atoms with Crippen molar-refractivity contribution in [1.82, 2.24) is 5.32 Å². The van der Waals surface area contributed by atoms with E-state index < -0.39 is 0 Å². The van der Waals surface area contributed by atoms with Gasteiger partial charge in [-0.15, -0.1) is 0 Å². The fourth-order valence-corrected chi connectivity index (χ4v) is 8.96. The Morgan fingerprint density at radius 1 is 1.00 bits per heavy atom. The lowest BCUT2D eigenvalue weighted by atomic mass is 9.34. The number of aliphatic hydroxyl groups is 1. The molecule has 0 saturated heterocycles. The molecule has 0 aliphatic heterocycles. The molecule has 4 nitrogen and oxygen atoms in total. The lowest BCUT2D eigenvalue weighted by Gasteiger charge is -2.70. The lowest BCUT2D eigenvalue weighted by Crippen LogP contribution is -2.62. The van der Waals surface area contributed by atoms with Crippen LogP contribution in [0.2, 0.25) is 0 Å². The maximum Gasteiger partial charge on any atom is 0.225 e. The number of carbonyl (C=O) groups excluding carboxylic acids is 2. The molecule has 1 amide bonds. The van der Waals surface area contributed by atoms with E-state index in [1.165, 1.54) is 12.0 Å². The maximum atomic E-state index is 12.9. The van der Waals surface area contributed by atoms with E-state index in [-0.39, 0.29) is 44.5 Å². The fourth-order valence-electron chi connectivity index (χ4n) is 8.96. The number of nitrogens with one attached hydrogen (secondary N) is 1. The molecule has 2 N–H and O–H groups in total. The summed E-state index contributed by atoms with van der Waals surface area (Å²) < 4.78 is 0. The van der Waals surface area contributed by atoms with E-state index in [0.29, 0.717) is 11.5 Å². The minimum absolute atomic E-state index is 0.00581. The molecule has 184 valence electrons. The van der Waals surface area contributed by atoms with E-state index in [1.807, 2.05) is 6.92 Å². The third-order valence-corrected chi connectivity index (χ3v) is 11.6. The first-order valence-electron chi connectivity index (χ1n) is 13.1. The summed E-state index contributed by atoms with van der Waals surface area (Å²) in [5.41, 5.74) is 4.06. The minimum atomic E-state index is -0.313. The predicted octanol–water partition coefficient (Wildman–Crippen LogP) is 6.36. The van der Waals surface area contributed by atoms with Crippen molar-refractivity contribution in [3.63, 3.8) is 0 Å². The van der Waals surface area contributed by atoms with Crippen molar-refractivity contribution in [2.45, 2.75) is 86.5 Å². The van der Waals surface area contributed by atoms with Gasteiger partial charge in [-0.25, -0.2) is 0 Å². The SMILES string of the molecule is CNC(=O)[C@]1(C)CC[C@]2(C)CC[C@]3(C)C4=CC=C5C(=CC(=O)C(O)=C5C)[C@]4(C)CCC3(C)[C@@H]2C1. The number of rotatable bonds is 1. The van der Waals surface area contributed by atoms with Gasteiger partial charge in [0, 0.05) is 23.5 Å². The number of carbonyl (C=O) groups is 2. The zero-order valence-electron chi connectivity index (χ0n) is 22.0.